The Kier molecular flexibility index (Phi) is 5.10. The SMILES string of the molecule is CC(C)Cn1ccnc1CNS(=O)(=O)c1ccc(F)c(F)c1F. The minimum atomic E-state index is -4.34. The monoisotopic (exact) mass is 347 g/mol. The average molecular weight is 347 g/mol. The van der Waals surface area contributed by atoms with E-state index in [-0.39, 0.29) is 6.54 Å². The fourth-order valence-electron chi connectivity index (χ4n) is 2.02. The Morgan fingerprint density at radius 1 is 1.22 bits per heavy atom. The second-order valence-corrected chi connectivity index (χ2v) is 7.12. The van der Waals surface area contributed by atoms with Gasteiger partial charge in [0, 0.05) is 18.9 Å². The standard InChI is InChI=1S/C14H16F3N3O2S/c1-9(2)8-20-6-5-18-12(20)7-19-23(21,22)11-4-3-10(15)13(16)14(11)17/h3-6,9,19H,7-8H2,1-2H3. The molecule has 126 valence electrons. The van der Waals surface area contributed by atoms with Crippen LogP contribution in [0.2, 0.25) is 0 Å². The van der Waals surface area contributed by atoms with Gasteiger partial charge in [0.05, 0.1) is 6.54 Å². The minimum Gasteiger partial charge on any atom is -0.334 e. The maximum atomic E-state index is 13.6. The number of halogens is 3. The molecular weight excluding hydrogens is 331 g/mol. The van der Waals surface area contributed by atoms with Crippen LogP contribution in [-0.4, -0.2) is 18.0 Å². The number of aromatic nitrogens is 2. The van der Waals surface area contributed by atoms with Crippen molar-refractivity contribution in [3.63, 3.8) is 0 Å². The summed E-state index contributed by atoms with van der Waals surface area (Å²) in [7, 11) is -4.34. The number of nitrogens with zero attached hydrogens (tertiary/aromatic N) is 2. The van der Waals surface area contributed by atoms with Crippen molar-refractivity contribution >= 4 is 10.0 Å². The fourth-order valence-corrected chi connectivity index (χ4v) is 3.07. The normalized spacial score (nSPS) is 12.1. The van der Waals surface area contributed by atoms with Crippen LogP contribution in [0.15, 0.2) is 29.4 Å². The topological polar surface area (TPSA) is 64.0 Å². The molecule has 0 saturated carbocycles. The van der Waals surface area contributed by atoms with Crippen molar-refractivity contribution in [1.82, 2.24) is 14.3 Å². The lowest BCUT2D eigenvalue weighted by Crippen LogP contribution is -2.26. The van der Waals surface area contributed by atoms with Crippen LogP contribution >= 0.6 is 0 Å². The van der Waals surface area contributed by atoms with Gasteiger partial charge in [-0.05, 0) is 18.1 Å². The van der Waals surface area contributed by atoms with Crippen molar-refractivity contribution in [3.05, 3.63) is 47.8 Å². The summed E-state index contributed by atoms with van der Waals surface area (Å²) in [5, 5.41) is 0. The summed E-state index contributed by atoms with van der Waals surface area (Å²) in [5.74, 6) is -4.26. The van der Waals surface area contributed by atoms with Crippen LogP contribution in [0.25, 0.3) is 0 Å². The summed E-state index contributed by atoms with van der Waals surface area (Å²) in [6.07, 6.45) is 3.21. The molecule has 0 bridgehead atoms. The first-order chi connectivity index (χ1) is 10.7. The molecule has 5 nitrogen and oxygen atoms in total. The molecule has 0 aliphatic rings. The van der Waals surface area contributed by atoms with Crippen molar-refractivity contribution in [3.8, 4) is 0 Å². The highest BCUT2D eigenvalue weighted by molar-refractivity contribution is 7.89. The lowest BCUT2D eigenvalue weighted by molar-refractivity contribution is 0.431. The minimum absolute atomic E-state index is 0.194. The fraction of sp³-hybridized carbons (Fsp3) is 0.357. The van der Waals surface area contributed by atoms with Crippen molar-refractivity contribution in [2.45, 2.75) is 31.8 Å². The quantitative estimate of drug-likeness (QED) is 0.817. The van der Waals surface area contributed by atoms with Gasteiger partial charge in [-0.15, -0.1) is 0 Å². The Bertz CT molecular complexity index is 804. The van der Waals surface area contributed by atoms with Gasteiger partial charge < -0.3 is 4.57 Å². The second-order valence-electron chi connectivity index (χ2n) is 5.39. The summed E-state index contributed by atoms with van der Waals surface area (Å²) >= 11 is 0. The third kappa shape index (κ3) is 3.91. The highest BCUT2D eigenvalue weighted by Crippen LogP contribution is 2.19. The molecule has 1 aromatic heterocycles. The van der Waals surface area contributed by atoms with Crippen molar-refractivity contribution in [2.75, 3.05) is 0 Å². The highest BCUT2D eigenvalue weighted by Gasteiger charge is 2.24. The van der Waals surface area contributed by atoms with Crippen LogP contribution in [0.4, 0.5) is 13.2 Å². The van der Waals surface area contributed by atoms with Crippen molar-refractivity contribution < 1.29 is 21.6 Å². The number of sulfonamides is 1. The van der Waals surface area contributed by atoms with E-state index in [0.29, 0.717) is 30.4 Å². The molecular formula is C14H16F3N3O2S. The van der Waals surface area contributed by atoms with Gasteiger partial charge in [-0.1, -0.05) is 13.8 Å². The second kappa shape index (κ2) is 6.71. The molecule has 2 rings (SSSR count). The zero-order chi connectivity index (χ0) is 17.2. The molecule has 0 spiro atoms. The maximum Gasteiger partial charge on any atom is 0.244 e. The van der Waals surface area contributed by atoms with E-state index in [1.54, 1.807) is 10.8 Å². The van der Waals surface area contributed by atoms with Crippen molar-refractivity contribution in [1.29, 1.82) is 0 Å². The van der Waals surface area contributed by atoms with Gasteiger partial charge in [-0.25, -0.2) is 31.3 Å². The number of nitrogens with one attached hydrogen (secondary N) is 1. The van der Waals surface area contributed by atoms with Gasteiger partial charge in [-0.2, -0.15) is 0 Å². The van der Waals surface area contributed by atoms with Crippen LogP contribution in [0.3, 0.4) is 0 Å². The molecule has 2 aromatic rings. The van der Waals surface area contributed by atoms with Gasteiger partial charge in [0.15, 0.2) is 17.5 Å². The van der Waals surface area contributed by atoms with E-state index in [1.807, 2.05) is 13.8 Å². The largest absolute Gasteiger partial charge is 0.334 e. The first kappa shape index (κ1) is 17.5. The third-order valence-electron chi connectivity index (χ3n) is 3.07. The average Bonchev–Trinajstić information content (AvgIpc) is 2.89. The molecule has 0 aliphatic heterocycles. The maximum absolute atomic E-state index is 13.6. The first-order valence-electron chi connectivity index (χ1n) is 6.85. The molecule has 0 fully saturated rings. The molecule has 0 radical (unpaired) electrons. The third-order valence-corrected chi connectivity index (χ3v) is 4.49. The van der Waals surface area contributed by atoms with E-state index >= 15 is 0 Å². The van der Waals surface area contributed by atoms with E-state index in [0.717, 1.165) is 0 Å². The van der Waals surface area contributed by atoms with E-state index in [1.165, 1.54) is 6.20 Å². The van der Waals surface area contributed by atoms with Gasteiger partial charge in [0.1, 0.15) is 10.7 Å². The Hall–Kier alpha value is -1.87. The van der Waals surface area contributed by atoms with E-state index in [4.69, 9.17) is 0 Å². The zero-order valence-corrected chi connectivity index (χ0v) is 13.4. The molecule has 9 heteroatoms. The zero-order valence-electron chi connectivity index (χ0n) is 12.6. The lowest BCUT2D eigenvalue weighted by Gasteiger charge is -2.12. The van der Waals surface area contributed by atoms with Crippen molar-refractivity contribution in [2.24, 2.45) is 5.92 Å². The molecule has 1 heterocycles. The molecule has 1 aromatic carbocycles. The van der Waals surface area contributed by atoms with E-state index in [9.17, 15) is 21.6 Å². The molecule has 0 unspecified atom stereocenters. The Morgan fingerprint density at radius 3 is 2.57 bits per heavy atom. The predicted octanol–water partition coefficient (Wildman–Crippen LogP) is 2.43. The predicted molar refractivity (Wildman–Crippen MR) is 77.4 cm³/mol. The Labute approximate surface area is 132 Å². The van der Waals surface area contributed by atoms with E-state index in [2.05, 4.69) is 9.71 Å². The summed E-state index contributed by atoms with van der Waals surface area (Å²) in [4.78, 5) is 3.08. The molecule has 1 N–H and O–H groups in total. The highest BCUT2D eigenvalue weighted by atomic mass is 32.2. The van der Waals surface area contributed by atoms with Gasteiger partial charge in [0.2, 0.25) is 10.0 Å². The van der Waals surface area contributed by atoms with Crippen LogP contribution in [0, 0.1) is 23.4 Å². The summed E-state index contributed by atoms with van der Waals surface area (Å²) in [5.41, 5.74) is 0. The van der Waals surface area contributed by atoms with Crippen LogP contribution in [0.5, 0.6) is 0 Å². The summed E-state index contributed by atoms with van der Waals surface area (Å²) in [6.45, 7) is 4.42. The van der Waals surface area contributed by atoms with Gasteiger partial charge in [-0.3, -0.25) is 0 Å². The molecule has 0 atom stereocenters. The Balaban J connectivity index is 2.20. The Morgan fingerprint density at radius 2 is 1.91 bits per heavy atom. The number of hydrogen-bond acceptors (Lipinski definition) is 3. The van der Waals surface area contributed by atoms with Gasteiger partial charge >= 0.3 is 0 Å². The van der Waals surface area contributed by atoms with Crippen LogP contribution in [0.1, 0.15) is 19.7 Å². The molecule has 0 amide bonds. The van der Waals surface area contributed by atoms with E-state index < -0.39 is 32.4 Å². The van der Waals surface area contributed by atoms with Crippen LogP contribution in [-0.2, 0) is 23.1 Å². The summed E-state index contributed by atoms with van der Waals surface area (Å²) < 4.78 is 67.7. The lowest BCUT2D eigenvalue weighted by atomic mass is 10.2. The van der Waals surface area contributed by atoms with Gasteiger partial charge in [0.25, 0.3) is 0 Å². The molecule has 0 saturated heterocycles. The number of benzene rings is 1. The number of rotatable bonds is 6. The van der Waals surface area contributed by atoms with Crippen LogP contribution < -0.4 is 4.72 Å². The number of hydrogen-bond donors (Lipinski definition) is 1. The summed E-state index contributed by atoms with van der Waals surface area (Å²) in [6, 6.07) is 1.24. The number of imidazole rings is 1. The molecule has 23 heavy (non-hydrogen) atoms. The first-order valence-corrected chi connectivity index (χ1v) is 8.34. The smallest absolute Gasteiger partial charge is 0.244 e. The molecule has 0 aliphatic carbocycles.